The van der Waals surface area contributed by atoms with Gasteiger partial charge in [-0.05, 0) is 21.8 Å². The Morgan fingerprint density at radius 1 is 0.422 bits per heavy atom. The van der Waals surface area contributed by atoms with Gasteiger partial charge in [-0.15, -0.1) is 0 Å². The van der Waals surface area contributed by atoms with E-state index in [-0.39, 0.29) is 5.04 Å². The molecule has 0 saturated heterocycles. The molecular formula is C40H68O4Si. The van der Waals surface area contributed by atoms with Crippen molar-refractivity contribution in [1.82, 2.24) is 0 Å². The van der Waals surface area contributed by atoms with Crippen molar-refractivity contribution in [3.05, 3.63) is 60.7 Å². The highest BCUT2D eigenvalue weighted by Gasteiger charge is 2.49. The van der Waals surface area contributed by atoms with Crippen molar-refractivity contribution in [2.75, 3.05) is 46.2 Å². The zero-order valence-electron chi connectivity index (χ0n) is 29.7. The molecule has 0 aliphatic heterocycles. The average Bonchev–Trinajstić information content (AvgIpc) is 3.05. The van der Waals surface area contributed by atoms with Crippen LogP contribution in [0.25, 0.3) is 0 Å². The molecule has 0 aliphatic carbocycles. The van der Waals surface area contributed by atoms with Crippen molar-refractivity contribution < 1.29 is 18.6 Å². The Balaban J connectivity index is 1.42. The van der Waals surface area contributed by atoms with Crippen LogP contribution < -0.4 is 10.4 Å². The molecular weight excluding hydrogens is 573 g/mol. The summed E-state index contributed by atoms with van der Waals surface area (Å²) in [5.74, 6) is 0. The van der Waals surface area contributed by atoms with Crippen LogP contribution in [0.5, 0.6) is 0 Å². The minimum Gasteiger partial charge on any atom is -0.405 e. The molecule has 2 rings (SSSR count). The molecule has 5 heteroatoms. The number of unbranched alkanes of at least 4 members (excludes halogenated alkanes) is 15. The molecule has 45 heavy (non-hydrogen) atoms. The Morgan fingerprint density at radius 2 is 0.756 bits per heavy atom. The van der Waals surface area contributed by atoms with E-state index in [1.807, 2.05) is 0 Å². The molecule has 0 heterocycles. The number of hydrogen-bond acceptors (Lipinski definition) is 4. The highest BCUT2D eigenvalue weighted by atomic mass is 28.4. The van der Waals surface area contributed by atoms with Gasteiger partial charge in [0.05, 0.1) is 39.6 Å². The van der Waals surface area contributed by atoms with Crippen molar-refractivity contribution in [1.29, 1.82) is 0 Å². The van der Waals surface area contributed by atoms with Crippen LogP contribution in [0, 0.1) is 0 Å². The minimum absolute atomic E-state index is 0.0228. The standard InChI is InChI=1S/C40H68O4Si/c1-5-6-7-8-9-10-11-12-13-14-15-16-17-18-19-26-31-41-32-33-42-34-35-43-36-37-44-45(40(2,3)4,38-27-22-20-23-28-38)39-29-24-21-25-30-39/h20-25,27-30H,5-19,26,31-37H2,1-4H3. The summed E-state index contributed by atoms with van der Waals surface area (Å²) in [7, 11) is -2.50. The first-order chi connectivity index (χ1) is 22.0. The molecule has 4 nitrogen and oxygen atoms in total. The van der Waals surface area contributed by atoms with Crippen molar-refractivity contribution in [3.8, 4) is 0 Å². The highest BCUT2D eigenvalue weighted by Crippen LogP contribution is 2.36. The van der Waals surface area contributed by atoms with E-state index < -0.39 is 8.32 Å². The smallest absolute Gasteiger partial charge is 0.261 e. The second kappa shape index (κ2) is 25.6. The van der Waals surface area contributed by atoms with Gasteiger partial charge in [0.2, 0.25) is 0 Å². The maximum absolute atomic E-state index is 6.87. The quantitative estimate of drug-likeness (QED) is 0.0655. The van der Waals surface area contributed by atoms with Crippen LogP contribution in [0.2, 0.25) is 5.04 Å². The molecule has 2 aromatic carbocycles. The summed E-state index contributed by atoms with van der Waals surface area (Å²) in [6.45, 7) is 13.6. The molecule has 0 bridgehead atoms. The fraction of sp³-hybridized carbons (Fsp3) is 0.700. The summed E-state index contributed by atoms with van der Waals surface area (Å²) in [6.07, 6.45) is 22.3. The molecule has 0 aliphatic rings. The predicted octanol–water partition coefficient (Wildman–Crippen LogP) is 9.87. The van der Waals surface area contributed by atoms with Crippen molar-refractivity contribution in [2.24, 2.45) is 0 Å². The Hall–Kier alpha value is -1.50. The highest BCUT2D eigenvalue weighted by molar-refractivity contribution is 6.99. The fourth-order valence-electron chi connectivity index (χ4n) is 6.31. The normalized spacial score (nSPS) is 12.2. The first-order valence-corrected chi connectivity index (χ1v) is 20.4. The predicted molar refractivity (Wildman–Crippen MR) is 196 cm³/mol. The monoisotopic (exact) mass is 640 g/mol. The van der Waals surface area contributed by atoms with Gasteiger partial charge in [0.15, 0.2) is 0 Å². The Bertz CT molecular complexity index is 875. The van der Waals surface area contributed by atoms with Gasteiger partial charge >= 0.3 is 0 Å². The molecule has 0 amide bonds. The van der Waals surface area contributed by atoms with E-state index in [0.717, 1.165) is 13.0 Å². The van der Waals surface area contributed by atoms with Crippen LogP contribution in [0.15, 0.2) is 60.7 Å². The molecule has 0 saturated carbocycles. The van der Waals surface area contributed by atoms with E-state index in [2.05, 4.69) is 88.4 Å². The summed E-state index contributed by atoms with van der Waals surface area (Å²) in [4.78, 5) is 0. The van der Waals surface area contributed by atoms with Gasteiger partial charge in [0.1, 0.15) is 0 Å². The van der Waals surface area contributed by atoms with Crippen LogP contribution in [0.3, 0.4) is 0 Å². The van der Waals surface area contributed by atoms with E-state index in [1.54, 1.807) is 0 Å². The van der Waals surface area contributed by atoms with Crippen LogP contribution in [0.1, 0.15) is 130 Å². The Labute approximate surface area is 279 Å². The number of ether oxygens (including phenoxy) is 3. The van der Waals surface area contributed by atoms with Gasteiger partial charge in [-0.25, -0.2) is 0 Å². The second-order valence-electron chi connectivity index (χ2n) is 13.7. The summed E-state index contributed by atoms with van der Waals surface area (Å²) in [6, 6.07) is 21.5. The van der Waals surface area contributed by atoms with E-state index in [4.69, 9.17) is 18.6 Å². The van der Waals surface area contributed by atoms with Gasteiger partial charge in [-0.3, -0.25) is 0 Å². The zero-order chi connectivity index (χ0) is 32.3. The summed E-state index contributed by atoms with van der Waals surface area (Å²) >= 11 is 0. The third-order valence-electron chi connectivity index (χ3n) is 8.85. The van der Waals surface area contributed by atoms with Gasteiger partial charge in [0, 0.05) is 6.61 Å². The average molecular weight is 641 g/mol. The SMILES string of the molecule is CCCCCCCCCCCCCCCCCCOCCOCCOCCO[Si](c1ccccc1)(c1ccccc1)C(C)(C)C. The number of hydrogen-bond donors (Lipinski definition) is 0. The molecule has 0 radical (unpaired) electrons. The van der Waals surface area contributed by atoms with Crippen LogP contribution in [-0.4, -0.2) is 54.6 Å². The maximum atomic E-state index is 6.87. The molecule has 256 valence electrons. The van der Waals surface area contributed by atoms with Crippen LogP contribution in [-0.2, 0) is 18.6 Å². The van der Waals surface area contributed by atoms with Crippen LogP contribution >= 0.6 is 0 Å². The molecule has 0 atom stereocenters. The lowest BCUT2D eigenvalue weighted by atomic mass is 10.0. The van der Waals surface area contributed by atoms with Gasteiger partial charge < -0.3 is 18.6 Å². The van der Waals surface area contributed by atoms with Crippen molar-refractivity contribution >= 4 is 18.7 Å². The van der Waals surface area contributed by atoms with Gasteiger partial charge in [0.25, 0.3) is 8.32 Å². The molecule has 0 spiro atoms. The maximum Gasteiger partial charge on any atom is 0.261 e. The molecule has 0 unspecified atom stereocenters. The zero-order valence-corrected chi connectivity index (χ0v) is 30.7. The third-order valence-corrected chi connectivity index (χ3v) is 13.9. The minimum atomic E-state index is -2.50. The first kappa shape index (κ1) is 39.7. The number of rotatable bonds is 29. The third kappa shape index (κ3) is 16.8. The summed E-state index contributed by atoms with van der Waals surface area (Å²) < 4.78 is 24.3. The van der Waals surface area contributed by atoms with E-state index in [0.29, 0.717) is 39.6 Å². The number of benzene rings is 2. The lowest BCUT2D eigenvalue weighted by Gasteiger charge is -2.43. The summed E-state index contributed by atoms with van der Waals surface area (Å²) in [5.41, 5.74) is 0. The molecule has 0 N–H and O–H groups in total. The fourth-order valence-corrected chi connectivity index (χ4v) is 10.9. The lowest BCUT2D eigenvalue weighted by molar-refractivity contribution is 0.00822. The Morgan fingerprint density at radius 3 is 1.13 bits per heavy atom. The Kier molecular flexibility index (Phi) is 22.5. The molecule has 2 aromatic rings. The topological polar surface area (TPSA) is 36.9 Å². The van der Waals surface area contributed by atoms with Crippen LogP contribution in [0.4, 0.5) is 0 Å². The van der Waals surface area contributed by atoms with E-state index in [1.165, 1.54) is 107 Å². The van der Waals surface area contributed by atoms with Crippen molar-refractivity contribution in [3.63, 3.8) is 0 Å². The lowest BCUT2D eigenvalue weighted by Crippen LogP contribution is -2.66. The van der Waals surface area contributed by atoms with Crippen molar-refractivity contribution in [2.45, 2.75) is 135 Å². The first-order valence-electron chi connectivity index (χ1n) is 18.5. The van der Waals surface area contributed by atoms with Gasteiger partial charge in [-0.2, -0.15) is 0 Å². The largest absolute Gasteiger partial charge is 0.405 e. The van der Waals surface area contributed by atoms with E-state index in [9.17, 15) is 0 Å². The van der Waals surface area contributed by atoms with Gasteiger partial charge in [-0.1, -0.05) is 185 Å². The van der Waals surface area contributed by atoms with E-state index >= 15 is 0 Å². The molecule has 0 fully saturated rings. The second-order valence-corrected chi connectivity index (χ2v) is 18.0. The summed E-state index contributed by atoms with van der Waals surface area (Å²) in [5, 5.41) is 2.57. The molecule has 0 aromatic heterocycles.